The van der Waals surface area contributed by atoms with Gasteiger partial charge in [-0.05, 0) is 38.1 Å². The zero-order chi connectivity index (χ0) is 23.3. The number of rotatable bonds is 15. The van der Waals surface area contributed by atoms with E-state index in [1.165, 1.54) is 0 Å². The van der Waals surface area contributed by atoms with Crippen molar-refractivity contribution < 1.29 is 29.1 Å². The molecule has 0 aromatic heterocycles. The van der Waals surface area contributed by atoms with Crippen molar-refractivity contribution in [3.8, 4) is 0 Å². The molecule has 0 radical (unpaired) electrons. The molecule has 0 aliphatic rings. The monoisotopic (exact) mass is 430 g/mol. The smallest absolute Gasteiger partial charge is 0.326 e. The van der Waals surface area contributed by atoms with Gasteiger partial charge in [0.15, 0.2) is 0 Å². The summed E-state index contributed by atoms with van der Waals surface area (Å²) in [4.78, 5) is 58.8. The first-order chi connectivity index (χ1) is 14.0. The number of carbonyl (C=O) groups excluding carboxylic acids is 4. The lowest BCUT2D eigenvalue weighted by Gasteiger charge is -2.22. The number of hydrogen-bond donors (Lipinski definition) is 7. The molecule has 3 unspecified atom stereocenters. The Bertz CT molecular complexity index is 612. The molecule has 12 heteroatoms. The summed E-state index contributed by atoms with van der Waals surface area (Å²) in [6, 6.07) is -3.08. The van der Waals surface area contributed by atoms with Crippen LogP contribution in [0.25, 0.3) is 0 Å². The molecule has 0 saturated carbocycles. The number of hydrogen-bond acceptors (Lipinski definition) is 7. The van der Waals surface area contributed by atoms with E-state index < -0.39 is 54.3 Å². The fourth-order valence-corrected chi connectivity index (χ4v) is 2.41. The highest BCUT2D eigenvalue weighted by Gasteiger charge is 2.26. The lowest BCUT2D eigenvalue weighted by Crippen LogP contribution is -2.54. The quantitative estimate of drug-likeness (QED) is 0.138. The minimum Gasteiger partial charge on any atom is -0.480 e. The number of primary amides is 1. The Morgan fingerprint density at radius 1 is 0.933 bits per heavy atom. The second-order valence-corrected chi connectivity index (χ2v) is 7.30. The summed E-state index contributed by atoms with van der Waals surface area (Å²) < 4.78 is 0. The number of carboxylic acids is 1. The van der Waals surface area contributed by atoms with E-state index in [-0.39, 0.29) is 25.2 Å². The van der Waals surface area contributed by atoms with Crippen LogP contribution in [0.15, 0.2) is 0 Å². The van der Waals surface area contributed by atoms with Crippen LogP contribution in [0.4, 0.5) is 0 Å². The molecule has 0 rings (SSSR count). The average Bonchev–Trinajstić information content (AvgIpc) is 2.67. The van der Waals surface area contributed by atoms with Crippen LogP contribution in [-0.4, -0.2) is 65.9 Å². The van der Waals surface area contributed by atoms with Crippen molar-refractivity contribution in [3.05, 3.63) is 0 Å². The van der Waals surface area contributed by atoms with Crippen molar-refractivity contribution in [1.29, 1.82) is 0 Å². The maximum absolute atomic E-state index is 12.4. The third kappa shape index (κ3) is 11.3. The van der Waals surface area contributed by atoms with Crippen molar-refractivity contribution in [2.45, 2.75) is 64.1 Å². The summed E-state index contributed by atoms with van der Waals surface area (Å²) in [7, 11) is 0. The van der Waals surface area contributed by atoms with Crippen molar-refractivity contribution in [1.82, 2.24) is 16.0 Å². The molecule has 3 atom stereocenters. The summed E-state index contributed by atoms with van der Waals surface area (Å²) in [5, 5.41) is 16.3. The van der Waals surface area contributed by atoms with Crippen LogP contribution in [0.3, 0.4) is 0 Å². The third-order valence-electron chi connectivity index (χ3n) is 4.34. The number of nitrogens with two attached hydrogens (primary N) is 3. The molecule has 0 aliphatic heterocycles. The van der Waals surface area contributed by atoms with Crippen LogP contribution in [-0.2, 0) is 24.0 Å². The summed E-state index contributed by atoms with van der Waals surface area (Å²) >= 11 is 0. The van der Waals surface area contributed by atoms with Crippen LogP contribution in [0.5, 0.6) is 0 Å². The van der Waals surface area contributed by atoms with E-state index in [0.29, 0.717) is 19.4 Å². The van der Waals surface area contributed by atoms with Gasteiger partial charge in [-0.1, -0.05) is 13.8 Å². The summed E-state index contributed by atoms with van der Waals surface area (Å²) in [6.07, 6.45) is 1.12. The van der Waals surface area contributed by atoms with Gasteiger partial charge in [0.25, 0.3) is 0 Å². The van der Waals surface area contributed by atoms with E-state index in [4.69, 9.17) is 22.3 Å². The largest absolute Gasteiger partial charge is 0.480 e. The third-order valence-corrected chi connectivity index (χ3v) is 4.34. The molecule has 12 nitrogen and oxygen atoms in total. The molecule has 10 N–H and O–H groups in total. The average molecular weight is 431 g/mol. The molecule has 0 aromatic carbocycles. The van der Waals surface area contributed by atoms with E-state index >= 15 is 0 Å². The predicted molar refractivity (Wildman–Crippen MR) is 109 cm³/mol. The second kappa shape index (κ2) is 14.3. The standard InChI is InChI=1S/C18H34N6O6/c1-10(2)15(21)17(28)24-11(6-7-13(20)25)16(27)22-9-14(26)23-12(18(29)30)5-3-4-8-19/h10-12,15H,3-9,19,21H2,1-2H3,(H2,20,25)(H,22,27)(H,23,26)(H,24,28)(H,29,30). The van der Waals surface area contributed by atoms with E-state index in [9.17, 15) is 24.0 Å². The molecule has 172 valence electrons. The Morgan fingerprint density at radius 3 is 2.07 bits per heavy atom. The maximum Gasteiger partial charge on any atom is 0.326 e. The van der Waals surface area contributed by atoms with Gasteiger partial charge in [0.1, 0.15) is 12.1 Å². The van der Waals surface area contributed by atoms with Crippen LogP contribution >= 0.6 is 0 Å². The zero-order valence-corrected chi connectivity index (χ0v) is 17.5. The van der Waals surface area contributed by atoms with Crippen molar-refractivity contribution in [2.24, 2.45) is 23.1 Å². The van der Waals surface area contributed by atoms with Gasteiger partial charge < -0.3 is 38.3 Å². The number of unbranched alkanes of at least 4 members (excludes halogenated alkanes) is 1. The van der Waals surface area contributed by atoms with Gasteiger partial charge in [-0.2, -0.15) is 0 Å². The van der Waals surface area contributed by atoms with E-state index in [1.807, 2.05) is 0 Å². The lowest BCUT2D eigenvalue weighted by molar-refractivity contribution is -0.142. The van der Waals surface area contributed by atoms with E-state index in [1.54, 1.807) is 13.8 Å². The van der Waals surface area contributed by atoms with Crippen molar-refractivity contribution in [3.63, 3.8) is 0 Å². The first kappa shape index (κ1) is 27.3. The number of nitrogens with one attached hydrogen (secondary N) is 3. The Hall–Kier alpha value is -2.73. The van der Waals surface area contributed by atoms with E-state index in [2.05, 4.69) is 16.0 Å². The molecular formula is C18H34N6O6. The van der Waals surface area contributed by atoms with Crippen LogP contribution < -0.4 is 33.2 Å². The van der Waals surface area contributed by atoms with Gasteiger partial charge in [0.05, 0.1) is 12.6 Å². The highest BCUT2D eigenvalue weighted by atomic mass is 16.4. The minimum atomic E-state index is -1.19. The fourth-order valence-electron chi connectivity index (χ4n) is 2.41. The topological polar surface area (TPSA) is 220 Å². The summed E-state index contributed by atoms with van der Waals surface area (Å²) in [5.74, 6) is -4.03. The molecule has 30 heavy (non-hydrogen) atoms. The Labute approximate surface area is 175 Å². The maximum atomic E-state index is 12.4. The van der Waals surface area contributed by atoms with Crippen molar-refractivity contribution in [2.75, 3.05) is 13.1 Å². The van der Waals surface area contributed by atoms with Crippen LogP contribution in [0, 0.1) is 5.92 Å². The molecule has 0 heterocycles. The molecule has 0 spiro atoms. The highest BCUT2D eigenvalue weighted by molar-refractivity contribution is 5.93. The summed E-state index contributed by atoms with van der Waals surface area (Å²) in [6.45, 7) is 3.38. The van der Waals surface area contributed by atoms with Gasteiger partial charge in [-0.15, -0.1) is 0 Å². The minimum absolute atomic E-state index is 0.0732. The van der Waals surface area contributed by atoms with Gasteiger partial charge >= 0.3 is 5.97 Å². The Balaban J connectivity index is 4.83. The highest BCUT2D eigenvalue weighted by Crippen LogP contribution is 2.03. The van der Waals surface area contributed by atoms with Crippen LogP contribution in [0.2, 0.25) is 0 Å². The molecule has 0 bridgehead atoms. The fraction of sp³-hybridized carbons (Fsp3) is 0.722. The van der Waals surface area contributed by atoms with Gasteiger partial charge in [-0.3, -0.25) is 19.2 Å². The molecule has 0 aliphatic carbocycles. The van der Waals surface area contributed by atoms with Gasteiger partial charge in [-0.25, -0.2) is 4.79 Å². The number of carbonyl (C=O) groups is 5. The first-order valence-corrected chi connectivity index (χ1v) is 9.83. The zero-order valence-electron chi connectivity index (χ0n) is 17.5. The Morgan fingerprint density at radius 2 is 1.57 bits per heavy atom. The predicted octanol–water partition coefficient (Wildman–Crippen LogP) is -2.47. The molecule has 4 amide bonds. The van der Waals surface area contributed by atoms with E-state index in [0.717, 1.165) is 0 Å². The Kier molecular flexibility index (Phi) is 13.0. The molecule has 0 saturated heterocycles. The first-order valence-electron chi connectivity index (χ1n) is 9.83. The SMILES string of the molecule is CC(C)C(N)C(=O)NC(CCC(N)=O)C(=O)NCC(=O)NC(CCCCN)C(=O)O. The molecule has 0 aromatic rings. The normalized spacial score (nSPS) is 13.8. The molecular weight excluding hydrogens is 396 g/mol. The molecule has 0 fully saturated rings. The lowest BCUT2D eigenvalue weighted by atomic mass is 10.0. The van der Waals surface area contributed by atoms with Crippen LogP contribution in [0.1, 0.15) is 46.0 Å². The number of carboxylic acid groups (broad SMARTS) is 1. The van der Waals surface area contributed by atoms with Gasteiger partial charge in [0, 0.05) is 6.42 Å². The number of aliphatic carboxylic acids is 1. The second-order valence-electron chi connectivity index (χ2n) is 7.30. The summed E-state index contributed by atoms with van der Waals surface area (Å²) in [5.41, 5.74) is 16.2. The number of amides is 4. The van der Waals surface area contributed by atoms with Crippen molar-refractivity contribution >= 4 is 29.6 Å². The van der Waals surface area contributed by atoms with Gasteiger partial charge in [0.2, 0.25) is 23.6 Å².